The molecule has 1 N–H and O–H groups in total. The lowest BCUT2D eigenvalue weighted by Gasteiger charge is -2.31. The molecule has 3 aromatic carbocycles. The Balaban J connectivity index is 1.23. The molecule has 2 aliphatic heterocycles. The first-order valence-electron chi connectivity index (χ1n) is 14.0. The fourth-order valence-corrected chi connectivity index (χ4v) is 6.06. The summed E-state index contributed by atoms with van der Waals surface area (Å²) in [6, 6.07) is 27.9. The number of aromatic nitrogens is 4. The van der Waals surface area contributed by atoms with Gasteiger partial charge in [0.25, 0.3) is 0 Å². The predicted octanol–water partition coefficient (Wildman–Crippen LogP) is 6.30. The molecule has 200 valence electrons. The highest BCUT2D eigenvalue weighted by Crippen LogP contribution is 2.40. The molecule has 2 aromatic heterocycles. The summed E-state index contributed by atoms with van der Waals surface area (Å²) in [5.41, 5.74) is 7.58. The molecule has 0 spiro atoms. The molecule has 7 heteroatoms. The van der Waals surface area contributed by atoms with E-state index in [9.17, 15) is 4.39 Å². The van der Waals surface area contributed by atoms with Gasteiger partial charge in [-0.2, -0.15) is 0 Å². The van der Waals surface area contributed by atoms with E-state index >= 15 is 0 Å². The van der Waals surface area contributed by atoms with Gasteiger partial charge in [0.2, 0.25) is 5.95 Å². The van der Waals surface area contributed by atoms with Gasteiger partial charge < -0.3 is 9.88 Å². The largest absolute Gasteiger partial charge is 0.350 e. The minimum Gasteiger partial charge on any atom is -0.350 e. The standard InChI is InChI=1S/C33H31FN6/c34-27-12-10-25(11-13-27)31-32(29-16-18-35-33(37-29)36-20-23-6-2-1-3-7-23)40-28(14-15-30(40)38-31)22-39-19-17-24-8-4-5-9-26(24)21-39/h1-13,16,18,28H,14-15,17,19-22H2,(H,35,36,37)/t28-/m0/s1. The highest BCUT2D eigenvalue weighted by molar-refractivity contribution is 5.78. The third-order valence-electron chi connectivity index (χ3n) is 8.04. The molecule has 5 aromatic rings. The molecule has 0 unspecified atom stereocenters. The fraction of sp³-hybridized carbons (Fsp3) is 0.242. The third-order valence-corrected chi connectivity index (χ3v) is 8.04. The molecular formula is C33H31FN6. The first-order valence-corrected chi connectivity index (χ1v) is 14.0. The molecule has 0 saturated carbocycles. The lowest BCUT2D eigenvalue weighted by Crippen LogP contribution is -2.34. The van der Waals surface area contributed by atoms with E-state index in [1.165, 1.54) is 23.3 Å². The van der Waals surface area contributed by atoms with Crippen molar-refractivity contribution in [3.63, 3.8) is 0 Å². The number of benzene rings is 3. The Morgan fingerprint density at radius 1 is 0.850 bits per heavy atom. The van der Waals surface area contributed by atoms with Gasteiger partial charge >= 0.3 is 0 Å². The lowest BCUT2D eigenvalue weighted by atomic mass is 9.99. The van der Waals surface area contributed by atoms with Crippen molar-refractivity contribution in [1.29, 1.82) is 0 Å². The highest BCUT2D eigenvalue weighted by Gasteiger charge is 2.32. The van der Waals surface area contributed by atoms with Crippen molar-refractivity contribution in [2.45, 2.75) is 38.4 Å². The first kappa shape index (κ1) is 24.7. The van der Waals surface area contributed by atoms with Crippen molar-refractivity contribution < 1.29 is 4.39 Å². The number of rotatable bonds is 7. The van der Waals surface area contributed by atoms with Crippen LogP contribution in [0, 0.1) is 5.82 Å². The number of anilines is 1. The van der Waals surface area contributed by atoms with Crippen molar-refractivity contribution in [2.24, 2.45) is 0 Å². The van der Waals surface area contributed by atoms with Gasteiger partial charge in [0, 0.05) is 50.4 Å². The Bertz CT molecular complexity index is 1630. The second-order valence-corrected chi connectivity index (χ2v) is 10.7. The van der Waals surface area contributed by atoms with Gasteiger partial charge in [-0.1, -0.05) is 54.6 Å². The fourth-order valence-electron chi connectivity index (χ4n) is 6.06. The smallest absolute Gasteiger partial charge is 0.223 e. The molecular weight excluding hydrogens is 499 g/mol. The Kier molecular flexibility index (Phi) is 6.57. The maximum absolute atomic E-state index is 13.8. The molecule has 1 atom stereocenters. The number of nitrogens with one attached hydrogen (secondary N) is 1. The molecule has 0 aliphatic carbocycles. The first-order chi connectivity index (χ1) is 19.7. The van der Waals surface area contributed by atoms with Crippen LogP contribution in [0.3, 0.4) is 0 Å². The van der Waals surface area contributed by atoms with E-state index in [2.05, 4.69) is 56.2 Å². The summed E-state index contributed by atoms with van der Waals surface area (Å²) in [6.07, 6.45) is 4.83. The molecule has 7 rings (SSSR count). The number of aryl methyl sites for hydroxylation is 1. The highest BCUT2D eigenvalue weighted by atomic mass is 19.1. The number of hydrogen-bond donors (Lipinski definition) is 1. The minimum atomic E-state index is -0.255. The molecule has 2 aliphatic rings. The van der Waals surface area contributed by atoms with Crippen LogP contribution in [0.4, 0.5) is 10.3 Å². The zero-order chi connectivity index (χ0) is 26.9. The van der Waals surface area contributed by atoms with E-state index < -0.39 is 0 Å². The lowest BCUT2D eigenvalue weighted by molar-refractivity contribution is 0.218. The number of imidazole rings is 1. The molecule has 0 amide bonds. The quantitative estimate of drug-likeness (QED) is 0.268. The van der Waals surface area contributed by atoms with Crippen molar-refractivity contribution >= 4 is 5.95 Å². The van der Waals surface area contributed by atoms with Gasteiger partial charge in [-0.3, -0.25) is 4.90 Å². The number of fused-ring (bicyclic) bond motifs is 2. The SMILES string of the molecule is Fc1ccc(-c2nc3n(c2-c2ccnc(NCc4ccccc4)n2)[C@H](CN2CCc4ccccc4C2)CC3)cc1. The topological polar surface area (TPSA) is 58.9 Å². The van der Waals surface area contributed by atoms with Crippen molar-refractivity contribution in [2.75, 3.05) is 18.4 Å². The molecule has 0 saturated heterocycles. The van der Waals surface area contributed by atoms with E-state index in [1.54, 1.807) is 6.20 Å². The second-order valence-electron chi connectivity index (χ2n) is 10.7. The van der Waals surface area contributed by atoms with Crippen LogP contribution in [0.15, 0.2) is 91.1 Å². The molecule has 4 heterocycles. The van der Waals surface area contributed by atoms with Crippen LogP contribution in [-0.4, -0.2) is 37.5 Å². The van der Waals surface area contributed by atoms with Crippen molar-refractivity contribution in [1.82, 2.24) is 24.4 Å². The van der Waals surface area contributed by atoms with E-state index in [1.807, 2.05) is 36.4 Å². The number of hydrogen-bond acceptors (Lipinski definition) is 5. The molecule has 0 fully saturated rings. The van der Waals surface area contributed by atoms with E-state index in [-0.39, 0.29) is 11.9 Å². The van der Waals surface area contributed by atoms with Gasteiger partial charge in [-0.15, -0.1) is 0 Å². The van der Waals surface area contributed by atoms with Crippen LogP contribution in [0.25, 0.3) is 22.6 Å². The summed E-state index contributed by atoms with van der Waals surface area (Å²) < 4.78 is 16.2. The summed E-state index contributed by atoms with van der Waals surface area (Å²) in [7, 11) is 0. The van der Waals surface area contributed by atoms with Crippen LogP contribution >= 0.6 is 0 Å². The Hall–Kier alpha value is -4.36. The summed E-state index contributed by atoms with van der Waals surface area (Å²) in [5.74, 6) is 1.38. The Morgan fingerprint density at radius 3 is 2.50 bits per heavy atom. The number of halogens is 1. The van der Waals surface area contributed by atoms with Gasteiger partial charge in [0.1, 0.15) is 11.6 Å². The van der Waals surface area contributed by atoms with Crippen LogP contribution in [0.2, 0.25) is 0 Å². The van der Waals surface area contributed by atoms with Gasteiger partial charge in [-0.05, 0) is 59.9 Å². The van der Waals surface area contributed by atoms with Gasteiger partial charge in [0.05, 0.1) is 17.1 Å². The monoisotopic (exact) mass is 530 g/mol. The van der Waals surface area contributed by atoms with Crippen molar-refractivity contribution in [3.8, 4) is 22.6 Å². The zero-order valence-corrected chi connectivity index (χ0v) is 22.3. The van der Waals surface area contributed by atoms with Crippen molar-refractivity contribution in [3.05, 3.63) is 119 Å². The maximum atomic E-state index is 13.8. The van der Waals surface area contributed by atoms with Gasteiger partial charge in [0.15, 0.2) is 0 Å². The van der Waals surface area contributed by atoms with E-state index in [4.69, 9.17) is 9.97 Å². The summed E-state index contributed by atoms with van der Waals surface area (Å²) in [6.45, 7) is 3.62. The van der Waals surface area contributed by atoms with E-state index in [0.29, 0.717) is 12.5 Å². The second kappa shape index (κ2) is 10.7. The summed E-state index contributed by atoms with van der Waals surface area (Å²) >= 11 is 0. The Morgan fingerprint density at radius 2 is 1.65 bits per heavy atom. The summed E-state index contributed by atoms with van der Waals surface area (Å²) in [5, 5.41) is 3.37. The maximum Gasteiger partial charge on any atom is 0.223 e. The Labute approximate surface area is 233 Å². The third kappa shape index (κ3) is 4.89. The zero-order valence-electron chi connectivity index (χ0n) is 22.3. The molecule has 40 heavy (non-hydrogen) atoms. The van der Waals surface area contributed by atoms with E-state index in [0.717, 1.165) is 72.9 Å². The molecule has 0 bridgehead atoms. The molecule has 0 radical (unpaired) electrons. The molecule has 6 nitrogen and oxygen atoms in total. The van der Waals surface area contributed by atoms with Crippen LogP contribution in [0.5, 0.6) is 0 Å². The van der Waals surface area contributed by atoms with Crippen LogP contribution in [-0.2, 0) is 25.9 Å². The average Bonchev–Trinajstić information content (AvgIpc) is 3.57. The predicted molar refractivity (Wildman–Crippen MR) is 155 cm³/mol. The van der Waals surface area contributed by atoms with Gasteiger partial charge in [-0.25, -0.2) is 19.3 Å². The number of nitrogens with zero attached hydrogens (tertiary/aromatic N) is 5. The van der Waals surface area contributed by atoms with Crippen LogP contribution in [0.1, 0.15) is 35.0 Å². The normalized spacial score (nSPS) is 16.5. The van der Waals surface area contributed by atoms with Crippen LogP contribution < -0.4 is 5.32 Å². The minimum absolute atomic E-state index is 0.255. The average molecular weight is 531 g/mol. The summed E-state index contributed by atoms with van der Waals surface area (Å²) in [4.78, 5) is 17.1.